The Labute approximate surface area is 494 Å². The van der Waals surface area contributed by atoms with Crippen LogP contribution < -0.4 is 23.0 Å². The van der Waals surface area contributed by atoms with Gasteiger partial charge in [0.05, 0.1) is 77.3 Å². The zero-order valence-electron chi connectivity index (χ0n) is 52.0. The number of aliphatic hydroxyl groups excluding tert-OH is 3. The van der Waals surface area contributed by atoms with E-state index in [0.717, 1.165) is 25.7 Å². The summed E-state index contributed by atoms with van der Waals surface area (Å²) in [6.07, 6.45) is 1.56. The lowest BCUT2D eigenvalue weighted by atomic mass is 9.77. The summed E-state index contributed by atoms with van der Waals surface area (Å²) in [6, 6.07) is 21.0. The molecule has 3 heterocycles. The average Bonchev–Trinajstić information content (AvgIpc) is 3.42. The molecular weight excluding hydrogens is 1070 g/mol. The minimum atomic E-state index is -2.00. The number of esters is 1. The molecule has 81 heavy (non-hydrogen) atoms. The topological polar surface area (TPSA) is 197 Å². The minimum absolute atomic E-state index is 0. The number of methoxy groups -OCH3 is 1. The lowest BCUT2D eigenvalue weighted by Gasteiger charge is -2.48. The Morgan fingerprint density at radius 2 is 1.33 bits per heavy atom. The number of amides is 1. The van der Waals surface area contributed by atoms with Gasteiger partial charge in [-0.15, -0.1) is 0 Å². The van der Waals surface area contributed by atoms with Crippen molar-refractivity contribution in [1.82, 2.24) is 9.80 Å². The Bertz CT molecular complexity index is 2120. The number of benzene rings is 2. The zero-order chi connectivity index (χ0) is 59.3. The zero-order valence-corrected chi connectivity index (χ0v) is 53.7. The number of carbonyl (C=O) groups excluding carboxylic acids is 2. The fourth-order valence-corrected chi connectivity index (χ4v) is 18.2. The molecule has 0 spiro atoms. The molecule has 17 heteroatoms. The van der Waals surface area contributed by atoms with Gasteiger partial charge in [-0.2, -0.15) is 0 Å². The van der Waals surface area contributed by atoms with E-state index in [1.165, 1.54) is 56.5 Å². The lowest BCUT2D eigenvalue weighted by molar-refractivity contribution is -0.318. The highest BCUT2D eigenvalue weighted by atomic mass is 35.5. The van der Waals surface area contributed by atoms with Crippen LogP contribution in [0.4, 0.5) is 0 Å². The molecule has 0 aliphatic carbocycles. The maximum absolute atomic E-state index is 14.7. The number of carbonyl (C=O) groups is 2. The quantitative estimate of drug-likeness (QED) is 0.0541. The van der Waals surface area contributed by atoms with Gasteiger partial charge in [0.25, 0.3) is 0 Å². The van der Waals surface area contributed by atoms with Gasteiger partial charge in [-0.1, -0.05) is 95.7 Å². The number of nitrogens with zero attached hydrogens (tertiary/aromatic N) is 2. The van der Waals surface area contributed by atoms with E-state index >= 15 is 0 Å². The van der Waals surface area contributed by atoms with Crippen molar-refractivity contribution in [3.8, 4) is 0 Å². The third-order valence-corrected chi connectivity index (χ3v) is 23.7. The highest BCUT2D eigenvalue weighted by Crippen LogP contribution is 2.61. The van der Waals surface area contributed by atoms with E-state index in [-0.39, 0.29) is 62.7 Å². The number of unbranched alkanes of at least 4 members (excludes halogenated alkanes) is 8. The molecule has 0 saturated carbocycles. The molecule has 3 fully saturated rings. The molecule has 3 aliphatic rings. The fraction of sp³-hybridized carbons (Fsp3) is 0.781. The Hall–Kier alpha value is -2.34. The Morgan fingerprint density at radius 1 is 0.790 bits per heavy atom. The summed E-state index contributed by atoms with van der Waals surface area (Å²) in [5.41, 5.74) is -4.22. The van der Waals surface area contributed by atoms with Crippen LogP contribution in [-0.2, 0) is 38.0 Å². The number of rotatable bonds is 22. The van der Waals surface area contributed by atoms with E-state index in [4.69, 9.17) is 28.4 Å². The summed E-state index contributed by atoms with van der Waals surface area (Å²) >= 11 is 0. The van der Waals surface area contributed by atoms with Crippen LogP contribution in [0.25, 0.3) is 0 Å². The molecule has 0 unspecified atom stereocenters. The first-order chi connectivity index (χ1) is 37.7. The number of cyclic esters (lactones) is 1. The molecule has 5 rings (SSSR count). The molecule has 2 aromatic carbocycles. The van der Waals surface area contributed by atoms with Crippen LogP contribution in [0.15, 0.2) is 60.7 Å². The monoisotopic (exact) mass is 1180 g/mol. The van der Waals surface area contributed by atoms with Crippen LogP contribution >= 0.6 is 7.26 Å². The van der Waals surface area contributed by atoms with E-state index in [1.807, 2.05) is 39.8 Å². The largest absolute Gasteiger partial charge is 1.00 e. The predicted molar refractivity (Wildman–Crippen MR) is 319 cm³/mol. The van der Waals surface area contributed by atoms with Crippen molar-refractivity contribution in [2.45, 2.75) is 269 Å². The van der Waals surface area contributed by atoms with Crippen molar-refractivity contribution in [2.24, 2.45) is 17.8 Å². The third-order valence-electron chi connectivity index (χ3n) is 18.4. The molecule has 15 nitrogen and oxygen atoms in total. The smallest absolute Gasteiger partial charge is 0.311 e. The van der Waals surface area contributed by atoms with Crippen molar-refractivity contribution < 1.29 is 75.9 Å². The molecule has 18 atom stereocenters. The van der Waals surface area contributed by atoms with Crippen molar-refractivity contribution in [1.29, 1.82) is 0 Å². The first kappa shape index (κ1) is 71.1. The second-order valence-electron chi connectivity index (χ2n) is 25.6. The Balaban J connectivity index is 0.0000141. The number of aliphatic hydroxyl groups is 5. The molecule has 3 aliphatic heterocycles. The lowest BCUT2D eigenvalue weighted by Crippen LogP contribution is -3.00. The van der Waals surface area contributed by atoms with Crippen molar-refractivity contribution in [3.63, 3.8) is 0 Å². The molecule has 0 bridgehead atoms. The standard InChI is InChI=1S/C64H108N2O13P.ClH/c1-16-52-64(12,73)57(69)47(8)66(53(67)36-30-22-20-18-17-19-21-23-31-37-80(42(2)3,49-32-26-24-27-33-49)50-34-28-25-29-35-50)41-43(4)39-62(10,72)59(79-61-55(68)51(65(13)14)38-44(5)75-61)45(6)56(46(7)60(71)77-52)78-54-40-63(11,74-15)58(70)48(9)76-54;/h24-29,32-35,42-48,51-52,54-59,61,68-70,72-73H,16-23,30-31,36-41H2,1-15H3;1H/q+1;/p-1/t43-,44-,45+,46-,47-,48+,51+,52-,54+,55-,56+,57-,58+,59-,61+,62-,63-,64-;/m1./s1. The normalized spacial score (nSPS) is 35.9. The number of hydrogen-bond acceptors (Lipinski definition) is 14. The number of ether oxygens (including phenoxy) is 6. The van der Waals surface area contributed by atoms with E-state index in [1.54, 1.807) is 46.4 Å². The second kappa shape index (κ2) is 31.9. The number of hydrogen-bond donors (Lipinski definition) is 5. The van der Waals surface area contributed by atoms with Crippen LogP contribution in [0.5, 0.6) is 0 Å². The van der Waals surface area contributed by atoms with Gasteiger partial charge in [0, 0.05) is 38.5 Å². The summed E-state index contributed by atoms with van der Waals surface area (Å²) in [5, 5.41) is 63.4. The van der Waals surface area contributed by atoms with Gasteiger partial charge in [-0.05, 0) is 145 Å². The van der Waals surface area contributed by atoms with E-state index in [2.05, 4.69) is 74.5 Å². The highest BCUT2D eigenvalue weighted by molar-refractivity contribution is 7.90. The average molecular weight is 1180 g/mol. The molecule has 0 aromatic heterocycles. The Morgan fingerprint density at radius 3 is 1.85 bits per heavy atom. The van der Waals surface area contributed by atoms with E-state index < -0.39 is 109 Å². The van der Waals surface area contributed by atoms with Crippen molar-refractivity contribution in [2.75, 3.05) is 33.9 Å². The van der Waals surface area contributed by atoms with Gasteiger partial charge in [0.2, 0.25) is 5.91 Å². The number of likely N-dealkylation sites (N-methyl/N-ethyl adjacent to an activating group) is 1. The molecule has 0 radical (unpaired) electrons. The number of halogens is 1. The molecule has 1 amide bonds. The van der Waals surface area contributed by atoms with Gasteiger partial charge >= 0.3 is 5.97 Å². The van der Waals surface area contributed by atoms with Gasteiger partial charge in [0.15, 0.2) is 12.6 Å². The van der Waals surface area contributed by atoms with Gasteiger partial charge < -0.3 is 76.2 Å². The molecule has 5 N–H and O–H groups in total. The minimum Gasteiger partial charge on any atom is -1.00 e. The van der Waals surface area contributed by atoms with Gasteiger partial charge in [0.1, 0.15) is 30.0 Å². The summed E-state index contributed by atoms with van der Waals surface area (Å²) < 4.78 is 38.3. The van der Waals surface area contributed by atoms with E-state index in [0.29, 0.717) is 18.5 Å². The maximum atomic E-state index is 14.7. The van der Waals surface area contributed by atoms with E-state index in [9.17, 15) is 35.1 Å². The first-order valence-electron chi connectivity index (χ1n) is 30.5. The van der Waals surface area contributed by atoms with Crippen LogP contribution in [0, 0.1) is 17.8 Å². The Kier molecular flexibility index (Phi) is 28.0. The molecule has 3 saturated heterocycles. The third kappa shape index (κ3) is 17.9. The van der Waals surface area contributed by atoms with Crippen molar-refractivity contribution >= 4 is 29.7 Å². The second-order valence-corrected chi connectivity index (χ2v) is 29.8. The van der Waals surface area contributed by atoms with Crippen LogP contribution in [0.3, 0.4) is 0 Å². The SMILES string of the molecule is CC[C@H]1OC(=O)[C@H](C)[C@@H](O[C@H]2C[C@@](C)(OC)[C@@H](O)[C@H](C)O2)[C@H](C)[C@@H](O[C@@H]2O[C@H](C)C[C@H](N(C)C)[C@H]2O)[C@](C)(O)C[C@@H](C)CN(C(=O)CCCCCCCCCCC[P+](c2ccccc2)(c2ccccc2)C(C)C)[C@H](C)[C@@H](O)[C@]1(C)O.[Cl-]. The van der Waals surface area contributed by atoms with Crippen LogP contribution in [-0.4, -0.2) is 177 Å². The van der Waals surface area contributed by atoms with Gasteiger partial charge in [-0.25, -0.2) is 0 Å². The summed E-state index contributed by atoms with van der Waals surface area (Å²) in [4.78, 5) is 32.8. The maximum Gasteiger partial charge on any atom is 0.311 e. The van der Waals surface area contributed by atoms with Crippen LogP contribution in [0.2, 0.25) is 0 Å². The first-order valence-corrected chi connectivity index (χ1v) is 32.5. The van der Waals surface area contributed by atoms with Crippen LogP contribution in [0.1, 0.15) is 173 Å². The summed E-state index contributed by atoms with van der Waals surface area (Å²) in [5.74, 6) is -3.24. The molecular formula is C64H108ClN2O13P. The predicted octanol–water partition coefficient (Wildman–Crippen LogP) is 5.78. The molecule has 2 aromatic rings. The summed E-state index contributed by atoms with van der Waals surface area (Å²) in [7, 11) is 3.70. The summed E-state index contributed by atoms with van der Waals surface area (Å²) in [6.45, 7) is 22.3. The highest BCUT2D eigenvalue weighted by Gasteiger charge is 2.53. The molecule has 464 valence electrons. The fourth-order valence-electron chi connectivity index (χ4n) is 13.5. The van der Waals surface area contributed by atoms with Gasteiger partial charge in [-0.3, -0.25) is 9.59 Å². The van der Waals surface area contributed by atoms with Crippen molar-refractivity contribution in [3.05, 3.63) is 60.7 Å².